The van der Waals surface area contributed by atoms with Gasteiger partial charge >= 0.3 is 25.9 Å². The van der Waals surface area contributed by atoms with Crippen molar-refractivity contribution in [1.82, 2.24) is 0 Å². The Morgan fingerprint density at radius 2 is 1.37 bits per heavy atom. The predicted molar refractivity (Wildman–Crippen MR) is 56.1 cm³/mol. The van der Waals surface area contributed by atoms with Gasteiger partial charge < -0.3 is 5.74 Å². The number of allylic oxidation sites excluding steroid dienone is 3. The van der Waals surface area contributed by atoms with E-state index in [1.165, 1.54) is 0 Å². The minimum absolute atomic E-state index is 0. The maximum atomic E-state index is 13.4. The summed E-state index contributed by atoms with van der Waals surface area (Å²) < 4.78 is 78.3. The van der Waals surface area contributed by atoms with Crippen LogP contribution < -0.4 is 18.9 Å². The maximum absolute atomic E-state index is 13.4. The standard InChI is InChI=1S/C11H5BF6.Li.H/c13-7-6(5-1-3-12(18)4-2-5)8(14)10(16)11(17)9(7)15;;/h1-3H,4H2;;/q;+1;-1. The van der Waals surface area contributed by atoms with Crippen LogP contribution in [0, 0.1) is 29.1 Å². The quantitative estimate of drug-likeness (QED) is 0.308. The van der Waals surface area contributed by atoms with E-state index in [2.05, 4.69) is 0 Å². The van der Waals surface area contributed by atoms with E-state index in [4.69, 9.17) is 0 Å². The Bertz CT molecular complexity index is 546. The summed E-state index contributed by atoms with van der Waals surface area (Å²) in [5, 5.41) is 0. The summed E-state index contributed by atoms with van der Waals surface area (Å²) in [6.07, 6.45) is 1.90. The molecule has 0 bridgehead atoms. The van der Waals surface area contributed by atoms with Gasteiger partial charge in [-0.15, -0.1) is 0 Å². The van der Waals surface area contributed by atoms with Crippen LogP contribution in [0.15, 0.2) is 18.1 Å². The molecule has 0 atom stereocenters. The summed E-state index contributed by atoms with van der Waals surface area (Å²) in [7, 11) is 0. The number of hydrogen-bond acceptors (Lipinski definition) is 0. The Balaban J connectivity index is 0.00000180. The first-order valence-corrected chi connectivity index (χ1v) is 4.97. The summed E-state index contributed by atoms with van der Waals surface area (Å²) in [6.45, 7) is -1.32. The zero-order chi connectivity index (χ0) is 13.4. The van der Waals surface area contributed by atoms with Crippen molar-refractivity contribution in [2.24, 2.45) is 0 Å². The summed E-state index contributed by atoms with van der Waals surface area (Å²) in [5.74, 6) is -9.08. The van der Waals surface area contributed by atoms with E-state index in [0.29, 0.717) is 0 Å². The fourth-order valence-electron chi connectivity index (χ4n) is 1.64. The van der Waals surface area contributed by atoms with Crippen molar-refractivity contribution in [3.8, 4) is 0 Å². The average molecular weight is 270 g/mol. The van der Waals surface area contributed by atoms with E-state index in [-0.39, 0.29) is 32.2 Å². The van der Waals surface area contributed by atoms with Gasteiger partial charge in [0.05, 0.1) is 5.56 Å². The molecule has 1 aliphatic heterocycles. The molecule has 2 rings (SSSR count). The molecular formula is C11H6BF6Li. The zero-order valence-electron chi connectivity index (χ0n) is 10.8. The Labute approximate surface area is 119 Å². The van der Waals surface area contributed by atoms with Crippen molar-refractivity contribution in [2.75, 3.05) is 0 Å². The molecule has 0 N–H and O–H groups in total. The smallest absolute Gasteiger partial charge is 1.00 e. The van der Waals surface area contributed by atoms with Gasteiger partial charge in [-0.3, -0.25) is 0 Å². The van der Waals surface area contributed by atoms with Gasteiger partial charge in [0, 0.05) is 0 Å². The molecule has 19 heavy (non-hydrogen) atoms. The minimum Gasteiger partial charge on any atom is -1.00 e. The van der Waals surface area contributed by atoms with Crippen LogP contribution in [0.2, 0.25) is 6.32 Å². The second kappa shape index (κ2) is 5.93. The van der Waals surface area contributed by atoms with Crippen molar-refractivity contribution < 1.29 is 46.6 Å². The van der Waals surface area contributed by atoms with Gasteiger partial charge in [0.2, 0.25) is 5.82 Å². The maximum Gasteiger partial charge on any atom is 1.00 e. The monoisotopic (exact) mass is 270 g/mol. The van der Waals surface area contributed by atoms with Gasteiger partial charge in [0.15, 0.2) is 23.3 Å². The Morgan fingerprint density at radius 1 is 0.895 bits per heavy atom. The molecule has 1 aromatic rings. The van der Waals surface area contributed by atoms with Gasteiger partial charge in [-0.1, -0.05) is 18.1 Å². The van der Waals surface area contributed by atoms with Gasteiger partial charge in [0.1, 0.15) is 0 Å². The number of rotatable bonds is 1. The molecule has 0 saturated heterocycles. The molecule has 0 saturated carbocycles. The van der Waals surface area contributed by atoms with Gasteiger partial charge in [-0.05, 0) is 11.9 Å². The molecule has 8 heteroatoms. The van der Waals surface area contributed by atoms with Gasteiger partial charge in [-0.25, -0.2) is 22.0 Å². The van der Waals surface area contributed by atoms with Crippen LogP contribution in [0.5, 0.6) is 0 Å². The fraction of sp³-hybridized carbons (Fsp3) is 0.0909. The van der Waals surface area contributed by atoms with E-state index >= 15 is 0 Å². The summed E-state index contributed by atoms with van der Waals surface area (Å²) in [5.41, 5.74) is -1.26. The molecule has 0 spiro atoms. The third-order valence-corrected chi connectivity index (χ3v) is 2.55. The summed E-state index contributed by atoms with van der Waals surface area (Å²) >= 11 is 0. The van der Waals surface area contributed by atoms with Crippen LogP contribution in [0.4, 0.5) is 26.3 Å². The second-order valence-electron chi connectivity index (χ2n) is 3.72. The molecule has 96 valence electrons. The molecule has 1 heterocycles. The third kappa shape index (κ3) is 2.77. The molecule has 0 amide bonds. The van der Waals surface area contributed by atoms with E-state index in [0.717, 1.165) is 18.1 Å². The fourth-order valence-corrected chi connectivity index (χ4v) is 1.64. The number of hydrogen-bond donors (Lipinski definition) is 0. The van der Waals surface area contributed by atoms with E-state index < -0.39 is 41.6 Å². The van der Waals surface area contributed by atoms with Crippen molar-refractivity contribution in [3.63, 3.8) is 0 Å². The van der Waals surface area contributed by atoms with Crippen LogP contribution in [-0.2, 0) is 0 Å². The van der Waals surface area contributed by atoms with E-state index in [9.17, 15) is 26.3 Å². The molecule has 1 aromatic carbocycles. The molecule has 0 radical (unpaired) electrons. The summed E-state index contributed by atoms with van der Waals surface area (Å²) in [4.78, 5) is 0. The van der Waals surface area contributed by atoms with E-state index in [1.807, 2.05) is 0 Å². The molecule has 0 fully saturated rings. The first-order chi connectivity index (χ1) is 8.43. The molecule has 0 unspecified atom stereocenters. The van der Waals surface area contributed by atoms with Crippen LogP contribution in [0.25, 0.3) is 5.57 Å². The minimum atomic E-state index is -2.21. The Kier molecular flexibility index (Phi) is 4.99. The van der Waals surface area contributed by atoms with Crippen LogP contribution in [-0.4, -0.2) is 6.99 Å². The normalized spacial score (nSPS) is 14.2. The Hall–Kier alpha value is -1.06. The molecular weight excluding hydrogens is 264 g/mol. The third-order valence-electron chi connectivity index (χ3n) is 2.55. The topological polar surface area (TPSA) is 0 Å². The van der Waals surface area contributed by atoms with Gasteiger partial charge in [0.25, 0.3) is 0 Å². The largest absolute Gasteiger partial charge is 1.00 e. The Morgan fingerprint density at radius 3 is 1.79 bits per heavy atom. The number of benzene rings is 1. The van der Waals surface area contributed by atoms with Crippen molar-refractivity contribution in [1.29, 1.82) is 0 Å². The second-order valence-corrected chi connectivity index (χ2v) is 3.72. The average Bonchev–Trinajstić information content (AvgIpc) is 2.36. The first kappa shape index (κ1) is 16.0. The van der Waals surface area contributed by atoms with Crippen LogP contribution >= 0.6 is 0 Å². The van der Waals surface area contributed by atoms with Crippen LogP contribution in [0.1, 0.15) is 6.99 Å². The summed E-state index contributed by atoms with van der Waals surface area (Å²) in [6, 6.07) is 0. The molecule has 0 aliphatic carbocycles. The molecule has 0 nitrogen and oxygen atoms in total. The molecule has 0 aromatic heterocycles. The molecule has 1 aliphatic rings. The SMILES string of the molecule is FB1C=CC(c2c(F)c(F)c(F)c(F)c2F)=CC1.[H-].[Li+]. The van der Waals surface area contributed by atoms with Crippen molar-refractivity contribution in [3.05, 3.63) is 52.8 Å². The zero-order valence-corrected chi connectivity index (χ0v) is 9.78. The van der Waals surface area contributed by atoms with Crippen LogP contribution in [0.3, 0.4) is 0 Å². The number of halogens is 6. The van der Waals surface area contributed by atoms with Crippen molar-refractivity contribution >= 4 is 12.6 Å². The van der Waals surface area contributed by atoms with E-state index in [1.54, 1.807) is 0 Å². The predicted octanol–water partition coefficient (Wildman–Crippen LogP) is 0.952. The first-order valence-electron chi connectivity index (χ1n) is 4.97. The van der Waals surface area contributed by atoms with Crippen molar-refractivity contribution in [2.45, 2.75) is 6.32 Å². The van der Waals surface area contributed by atoms with Gasteiger partial charge in [-0.2, -0.15) is 0 Å².